The maximum absolute atomic E-state index is 12.4. The second-order valence-electron chi connectivity index (χ2n) is 5.85. The molecule has 0 saturated carbocycles. The Morgan fingerprint density at radius 1 is 1.19 bits per heavy atom. The van der Waals surface area contributed by atoms with Crippen LogP contribution in [0.4, 0.5) is 5.69 Å². The molecule has 3 heterocycles. The van der Waals surface area contributed by atoms with Crippen molar-refractivity contribution < 1.29 is 18.7 Å². The number of hydrogen-bond donors (Lipinski definition) is 1. The third-order valence-corrected chi connectivity index (χ3v) is 3.96. The number of fused-ring (bicyclic) bond motifs is 1. The Balaban J connectivity index is 1.46. The molecule has 7 heteroatoms. The van der Waals surface area contributed by atoms with Crippen molar-refractivity contribution in [3.05, 3.63) is 54.2 Å². The number of oxazole rings is 1. The molecular formula is C19H17N3O4. The Labute approximate surface area is 150 Å². The number of hydrogen-bond acceptors (Lipinski definition) is 6. The fourth-order valence-electron chi connectivity index (χ4n) is 2.68. The maximum atomic E-state index is 12.4. The van der Waals surface area contributed by atoms with E-state index in [0.29, 0.717) is 47.7 Å². The molecule has 132 valence electrons. The van der Waals surface area contributed by atoms with Gasteiger partial charge in [-0.15, -0.1) is 0 Å². The highest BCUT2D eigenvalue weighted by atomic mass is 16.6. The van der Waals surface area contributed by atoms with E-state index in [0.717, 1.165) is 5.56 Å². The van der Waals surface area contributed by atoms with E-state index in [-0.39, 0.29) is 12.3 Å². The zero-order chi connectivity index (χ0) is 17.9. The van der Waals surface area contributed by atoms with Gasteiger partial charge in [-0.25, -0.2) is 4.98 Å². The van der Waals surface area contributed by atoms with Crippen molar-refractivity contribution in [1.82, 2.24) is 9.97 Å². The number of amides is 1. The lowest BCUT2D eigenvalue weighted by Gasteiger charge is -2.18. The first-order chi connectivity index (χ1) is 12.7. The Kier molecular flexibility index (Phi) is 4.27. The summed E-state index contributed by atoms with van der Waals surface area (Å²) in [6.45, 7) is 2.82. The zero-order valence-corrected chi connectivity index (χ0v) is 14.2. The fourth-order valence-corrected chi connectivity index (χ4v) is 2.68. The molecule has 1 aliphatic rings. The fraction of sp³-hybridized carbons (Fsp3) is 0.211. The molecule has 7 nitrogen and oxygen atoms in total. The van der Waals surface area contributed by atoms with Gasteiger partial charge in [-0.1, -0.05) is 0 Å². The smallest absolute Gasteiger partial charge is 0.230 e. The van der Waals surface area contributed by atoms with Crippen LogP contribution in [0.3, 0.4) is 0 Å². The minimum absolute atomic E-state index is 0.115. The summed E-state index contributed by atoms with van der Waals surface area (Å²) in [4.78, 5) is 20.8. The molecule has 1 amide bonds. The van der Waals surface area contributed by atoms with Gasteiger partial charge in [0.2, 0.25) is 11.8 Å². The first-order valence-corrected chi connectivity index (χ1v) is 8.25. The largest absolute Gasteiger partial charge is 0.486 e. The molecule has 0 saturated heterocycles. The highest BCUT2D eigenvalue weighted by molar-refractivity contribution is 5.92. The number of pyridine rings is 1. The molecule has 1 aliphatic heterocycles. The van der Waals surface area contributed by atoms with Gasteiger partial charge in [0.15, 0.2) is 11.5 Å². The third kappa shape index (κ3) is 3.37. The molecule has 0 radical (unpaired) electrons. The third-order valence-electron chi connectivity index (χ3n) is 3.96. The summed E-state index contributed by atoms with van der Waals surface area (Å²) in [5.74, 6) is 2.20. The Morgan fingerprint density at radius 2 is 2.04 bits per heavy atom. The van der Waals surface area contributed by atoms with E-state index in [9.17, 15) is 4.79 Å². The van der Waals surface area contributed by atoms with Gasteiger partial charge < -0.3 is 19.2 Å². The average Bonchev–Trinajstić information content (AvgIpc) is 3.03. The number of carbonyl (C=O) groups excluding carboxylic acids is 1. The molecule has 4 rings (SSSR count). The first kappa shape index (κ1) is 16.1. The van der Waals surface area contributed by atoms with Crippen LogP contribution >= 0.6 is 0 Å². The van der Waals surface area contributed by atoms with Crippen molar-refractivity contribution in [3.63, 3.8) is 0 Å². The number of aryl methyl sites for hydroxylation is 1. The van der Waals surface area contributed by atoms with Gasteiger partial charge in [-0.3, -0.25) is 9.78 Å². The lowest BCUT2D eigenvalue weighted by molar-refractivity contribution is -0.115. The number of benzene rings is 1. The van der Waals surface area contributed by atoms with Crippen LogP contribution in [0.15, 0.2) is 47.1 Å². The van der Waals surface area contributed by atoms with Gasteiger partial charge in [0.05, 0.1) is 17.7 Å². The van der Waals surface area contributed by atoms with Crippen molar-refractivity contribution in [2.45, 2.75) is 13.3 Å². The number of anilines is 1. The molecule has 2 aromatic heterocycles. The van der Waals surface area contributed by atoms with Crippen LogP contribution in [-0.4, -0.2) is 29.1 Å². The Bertz CT molecular complexity index is 937. The molecule has 1 N–H and O–H groups in total. The molecular weight excluding hydrogens is 334 g/mol. The van der Waals surface area contributed by atoms with Crippen LogP contribution in [0.25, 0.3) is 11.5 Å². The van der Waals surface area contributed by atoms with Gasteiger partial charge >= 0.3 is 0 Å². The van der Waals surface area contributed by atoms with E-state index < -0.39 is 0 Å². The lowest BCUT2D eigenvalue weighted by atomic mass is 10.2. The second-order valence-corrected chi connectivity index (χ2v) is 5.85. The molecule has 0 unspecified atom stereocenters. The van der Waals surface area contributed by atoms with Crippen LogP contribution in [0, 0.1) is 6.92 Å². The highest BCUT2D eigenvalue weighted by Gasteiger charge is 2.16. The number of nitrogens with one attached hydrogen (secondary N) is 1. The summed E-state index contributed by atoms with van der Waals surface area (Å²) in [6, 6.07) is 8.98. The summed E-state index contributed by atoms with van der Waals surface area (Å²) in [5.41, 5.74) is 2.01. The minimum Gasteiger partial charge on any atom is -0.486 e. The number of carbonyl (C=O) groups is 1. The van der Waals surface area contributed by atoms with E-state index in [1.807, 2.05) is 12.1 Å². The van der Waals surface area contributed by atoms with Crippen LogP contribution in [0.2, 0.25) is 0 Å². The van der Waals surface area contributed by atoms with Gasteiger partial charge in [-0.05, 0) is 31.2 Å². The van der Waals surface area contributed by atoms with Crippen molar-refractivity contribution in [1.29, 1.82) is 0 Å². The van der Waals surface area contributed by atoms with E-state index in [1.165, 1.54) is 0 Å². The summed E-state index contributed by atoms with van der Waals surface area (Å²) in [6.07, 6.45) is 3.47. The highest BCUT2D eigenvalue weighted by Crippen LogP contribution is 2.32. The number of aromatic nitrogens is 2. The summed E-state index contributed by atoms with van der Waals surface area (Å²) < 4.78 is 16.7. The summed E-state index contributed by atoms with van der Waals surface area (Å²) >= 11 is 0. The van der Waals surface area contributed by atoms with E-state index >= 15 is 0 Å². The van der Waals surface area contributed by atoms with Crippen LogP contribution < -0.4 is 14.8 Å². The van der Waals surface area contributed by atoms with Gasteiger partial charge in [0.1, 0.15) is 19.0 Å². The Morgan fingerprint density at radius 3 is 2.85 bits per heavy atom. The predicted molar refractivity (Wildman–Crippen MR) is 94.2 cm³/mol. The van der Waals surface area contributed by atoms with Crippen molar-refractivity contribution in [2.24, 2.45) is 0 Å². The maximum Gasteiger partial charge on any atom is 0.230 e. The van der Waals surface area contributed by atoms with E-state index in [2.05, 4.69) is 15.3 Å². The Hall–Kier alpha value is -3.35. The van der Waals surface area contributed by atoms with Crippen molar-refractivity contribution in [3.8, 4) is 23.0 Å². The number of ether oxygens (including phenoxy) is 2. The number of nitrogens with zero attached hydrogens (tertiary/aromatic N) is 2. The van der Waals surface area contributed by atoms with Gasteiger partial charge in [-0.2, -0.15) is 0 Å². The zero-order valence-electron chi connectivity index (χ0n) is 14.2. The van der Waals surface area contributed by atoms with Gasteiger partial charge in [0, 0.05) is 24.1 Å². The lowest BCUT2D eigenvalue weighted by Crippen LogP contribution is -2.17. The molecule has 26 heavy (non-hydrogen) atoms. The average molecular weight is 351 g/mol. The van der Waals surface area contributed by atoms with Crippen LogP contribution in [0.1, 0.15) is 11.5 Å². The second kappa shape index (κ2) is 6.87. The molecule has 0 bridgehead atoms. The normalized spacial score (nSPS) is 12.7. The first-order valence-electron chi connectivity index (χ1n) is 8.25. The molecule has 0 aliphatic carbocycles. The molecule has 0 spiro atoms. The molecule has 0 fully saturated rings. The summed E-state index contributed by atoms with van der Waals surface area (Å²) in [5, 5.41) is 2.85. The topological polar surface area (TPSA) is 86.5 Å². The minimum atomic E-state index is -0.184. The standard InChI is InChI=1S/C19H17N3O4/c1-12-15(22-19(26-12)13-3-2-6-20-11-13)10-18(23)21-14-4-5-16-17(9-14)25-8-7-24-16/h2-6,9,11H,7-8,10H2,1H3,(H,21,23). The molecule has 3 aromatic rings. The van der Waals surface area contributed by atoms with E-state index in [4.69, 9.17) is 13.9 Å². The van der Waals surface area contributed by atoms with Crippen LogP contribution in [-0.2, 0) is 11.2 Å². The van der Waals surface area contributed by atoms with Crippen molar-refractivity contribution in [2.75, 3.05) is 18.5 Å². The SMILES string of the molecule is Cc1oc(-c2cccnc2)nc1CC(=O)Nc1ccc2c(c1)OCCO2. The predicted octanol–water partition coefficient (Wildman–Crippen LogP) is 3.00. The summed E-state index contributed by atoms with van der Waals surface area (Å²) in [7, 11) is 0. The van der Waals surface area contributed by atoms with E-state index in [1.54, 1.807) is 37.5 Å². The monoisotopic (exact) mass is 351 g/mol. The molecule has 0 atom stereocenters. The van der Waals surface area contributed by atoms with Crippen molar-refractivity contribution >= 4 is 11.6 Å². The van der Waals surface area contributed by atoms with Crippen LogP contribution in [0.5, 0.6) is 11.5 Å². The molecule has 1 aromatic carbocycles. The number of rotatable bonds is 4. The quantitative estimate of drug-likeness (QED) is 0.778. The van der Waals surface area contributed by atoms with Gasteiger partial charge in [0.25, 0.3) is 0 Å².